The maximum absolute atomic E-state index is 13.3. The molecule has 1 aliphatic carbocycles. The number of hydrogen-bond acceptors (Lipinski definition) is 8. The third-order valence-electron chi connectivity index (χ3n) is 7.38. The molecule has 192 valence electrons. The largest absolute Gasteiger partial charge is 0.486 e. The molecule has 37 heavy (non-hydrogen) atoms. The van der Waals surface area contributed by atoms with Crippen molar-refractivity contribution in [3.8, 4) is 11.5 Å². The monoisotopic (exact) mass is 501 g/mol. The number of nitrogens with one attached hydrogen (secondary N) is 1. The summed E-state index contributed by atoms with van der Waals surface area (Å²) in [4.78, 5) is 22.9. The Morgan fingerprint density at radius 2 is 1.95 bits per heavy atom. The average Bonchev–Trinajstić information content (AvgIpc) is 3.62. The highest BCUT2D eigenvalue weighted by Gasteiger charge is 2.30. The molecule has 10 nitrogen and oxygen atoms in total. The maximum atomic E-state index is 13.3. The Bertz CT molecular complexity index is 1430. The van der Waals surface area contributed by atoms with Gasteiger partial charge in [0.2, 0.25) is 0 Å². The fraction of sp³-hybridized carbons (Fsp3) is 0.444. The van der Waals surface area contributed by atoms with Crippen LogP contribution in [0, 0.1) is 0 Å². The van der Waals surface area contributed by atoms with E-state index in [1.54, 1.807) is 6.20 Å². The van der Waals surface area contributed by atoms with Crippen molar-refractivity contribution in [2.75, 3.05) is 13.2 Å². The van der Waals surface area contributed by atoms with Crippen LogP contribution in [-0.2, 0) is 13.1 Å². The van der Waals surface area contributed by atoms with E-state index in [1.807, 2.05) is 35.1 Å². The molecule has 0 amide bonds. The van der Waals surface area contributed by atoms with Gasteiger partial charge >= 0.3 is 0 Å². The summed E-state index contributed by atoms with van der Waals surface area (Å²) in [6, 6.07) is 9.99. The van der Waals surface area contributed by atoms with Gasteiger partial charge in [-0.2, -0.15) is 0 Å². The van der Waals surface area contributed by atoms with E-state index in [4.69, 9.17) is 9.47 Å². The smallest absolute Gasteiger partial charge is 0.252 e. The van der Waals surface area contributed by atoms with Crippen LogP contribution in [0.3, 0.4) is 0 Å². The molecule has 4 aromatic rings. The molecule has 6 rings (SSSR count). The van der Waals surface area contributed by atoms with Crippen molar-refractivity contribution in [1.82, 2.24) is 35.1 Å². The highest BCUT2D eigenvalue weighted by atomic mass is 16.6. The average molecular weight is 502 g/mol. The van der Waals surface area contributed by atoms with Gasteiger partial charge in [0.05, 0.1) is 17.6 Å². The van der Waals surface area contributed by atoms with Crippen molar-refractivity contribution < 1.29 is 9.47 Å². The van der Waals surface area contributed by atoms with Crippen molar-refractivity contribution in [2.24, 2.45) is 0 Å². The zero-order valence-corrected chi connectivity index (χ0v) is 21.0. The van der Waals surface area contributed by atoms with Crippen LogP contribution in [0.2, 0.25) is 0 Å². The molecule has 4 heterocycles. The lowest BCUT2D eigenvalue weighted by Crippen LogP contribution is -2.32. The lowest BCUT2D eigenvalue weighted by Gasteiger charge is -2.31. The summed E-state index contributed by atoms with van der Waals surface area (Å²) in [5.74, 6) is 2.21. The first-order chi connectivity index (χ1) is 18.2. The number of benzene rings is 1. The quantitative estimate of drug-likeness (QED) is 0.386. The number of fused-ring (bicyclic) bond motifs is 2. The van der Waals surface area contributed by atoms with Crippen LogP contribution in [-0.4, -0.2) is 48.3 Å². The first-order valence-electron chi connectivity index (χ1n) is 13.1. The molecule has 1 fully saturated rings. The molecule has 1 atom stereocenters. The first-order valence-corrected chi connectivity index (χ1v) is 13.1. The molecule has 10 heteroatoms. The van der Waals surface area contributed by atoms with Gasteiger partial charge in [0.1, 0.15) is 13.2 Å². The number of pyridine rings is 2. The van der Waals surface area contributed by atoms with E-state index in [0.717, 1.165) is 41.6 Å². The molecule has 0 radical (unpaired) electrons. The van der Waals surface area contributed by atoms with Gasteiger partial charge in [-0.05, 0) is 53.5 Å². The fourth-order valence-electron chi connectivity index (χ4n) is 5.56. The van der Waals surface area contributed by atoms with Crippen LogP contribution in [0.5, 0.6) is 11.5 Å². The molecule has 1 aliphatic heterocycles. The van der Waals surface area contributed by atoms with Crippen molar-refractivity contribution >= 4 is 10.9 Å². The lowest BCUT2D eigenvalue weighted by atomic mass is 10.1. The van der Waals surface area contributed by atoms with E-state index in [-0.39, 0.29) is 11.6 Å². The van der Waals surface area contributed by atoms with E-state index in [1.165, 1.54) is 12.8 Å². The second kappa shape index (κ2) is 10.3. The normalized spacial score (nSPS) is 16.5. The number of aromatic amines is 1. The molecule has 1 saturated carbocycles. The maximum Gasteiger partial charge on any atom is 0.252 e. The van der Waals surface area contributed by atoms with Crippen molar-refractivity contribution in [3.63, 3.8) is 0 Å². The molecule has 0 saturated heterocycles. The Morgan fingerprint density at radius 3 is 2.70 bits per heavy atom. The Balaban J connectivity index is 1.37. The first kappa shape index (κ1) is 23.6. The molecule has 3 aromatic heterocycles. The van der Waals surface area contributed by atoms with Gasteiger partial charge in [-0.25, -0.2) is 4.68 Å². The minimum Gasteiger partial charge on any atom is -0.486 e. The second-order valence-electron chi connectivity index (χ2n) is 9.82. The van der Waals surface area contributed by atoms with Gasteiger partial charge in [-0.15, -0.1) is 5.10 Å². The van der Waals surface area contributed by atoms with Gasteiger partial charge in [0.25, 0.3) is 5.56 Å². The summed E-state index contributed by atoms with van der Waals surface area (Å²) in [6.45, 7) is 4.21. The van der Waals surface area contributed by atoms with Gasteiger partial charge in [0.15, 0.2) is 17.3 Å². The van der Waals surface area contributed by atoms with E-state index in [0.29, 0.717) is 49.4 Å². The number of aromatic nitrogens is 6. The Hall–Kier alpha value is -3.79. The zero-order chi connectivity index (χ0) is 25.2. The van der Waals surface area contributed by atoms with Gasteiger partial charge < -0.3 is 14.5 Å². The molecule has 1 N–H and O–H groups in total. The highest BCUT2D eigenvalue weighted by molar-refractivity contribution is 5.83. The van der Waals surface area contributed by atoms with Crippen LogP contribution in [0.4, 0.5) is 0 Å². The molecule has 0 unspecified atom stereocenters. The minimum atomic E-state index is -0.120. The molecule has 1 aromatic carbocycles. The third kappa shape index (κ3) is 4.81. The Morgan fingerprint density at radius 1 is 1.14 bits per heavy atom. The van der Waals surface area contributed by atoms with Crippen LogP contribution in [0.15, 0.2) is 47.5 Å². The summed E-state index contributed by atoms with van der Waals surface area (Å²) in [6.07, 6.45) is 9.03. The summed E-state index contributed by atoms with van der Waals surface area (Å²) < 4.78 is 13.5. The van der Waals surface area contributed by atoms with Crippen LogP contribution < -0.4 is 15.0 Å². The van der Waals surface area contributed by atoms with Gasteiger partial charge in [0, 0.05) is 42.5 Å². The number of tetrazole rings is 1. The van der Waals surface area contributed by atoms with E-state index in [9.17, 15) is 4.79 Å². The van der Waals surface area contributed by atoms with Crippen LogP contribution >= 0.6 is 0 Å². The number of hydrogen-bond donors (Lipinski definition) is 1. The van der Waals surface area contributed by atoms with Crippen molar-refractivity contribution in [3.05, 3.63) is 70.0 Å². The van der Waals surface area contributed by atoms with Crippen molar-refractivity contribution in [2.45, 2.75) is 64.2 Å². The summed E-state index contributed by atoms with van der Waals surface area (Å²) >= 11 is 0. The fourth-order valence-corrected chi connectivity index (χ4v) is 5.56. The lowest BCUT2D eigenvalue weighted by molar-refractivity contribution is 0.158. The van der Waals surface area contributed by atoms with E-state index in [2.05, 4.69) is 43.4 Å². The predicted octanol–water partition coefficient (Wildman–Crippen LogP) is 3.95. The molecular weight excluding hydrogens is 470 g/mol. The number of rotatable bonds is 8. The van der Waals surface area contributed by atoms with Crippen molar-refractivity contribution in [1.29, 1.82) is 0 Å². The number of H-pyrrole nitrogens is 1. The highest BCUT2D eigenvalue weighted by Crippen LogP contribution is 2.35. The SMILES string of the molecule is CC[C@@H](c1nnnn1C1CCCC1)N(Cc1cccnc1)Cc1cc2cc3c(cc2[nH]c1=O)OCCO3. The summed E-state index contributed by atoms with van der Waals surface area (Å²) in [5.41, 5.74) is 2.35. The standard InChI is InChI=1S/C27H31N7O3/c1-2-23(26-30-31-32-34(26)21-7-3-4-8-21)33(16-18-6-5-9-28-15-18)17-20-12-19-13-24-25(37-11-10-36-24)14-22(19)29-27(20)35/h5-6,9,12-15,21,23H,2-4,7-8,10-11,16-17H2,1H3,(H,29,35)/t23-/m0/s1. The van der Waals surface area contributed by atoms with Gasteiger partial charge in [-0.3, -0.25) is 14.7 Å². The molecular formula is C27H31N7O3. The van der Waals surface area contributed by atoms with E-state index >= 15 is 0 Å². The summed E-state index contributed by atoms with van der Waals surface area (Å²) in [7, 11) is 0. The Kier molecular flexibility index (Phi) is 6.57. The zero-order valence-electron chi connectivity index (χ0n) is 21.0. The third-order valence-corrected chi connectivity index (χ3v) is 7.38. The topological polar surface area (TPSA) is 111 Å². The molecule has 0 bridgehead atoms. The number of nitrogens with zero attached hydrogens (tertiary/aromatic N) is 6. The van der Waals surface area contributed by atoms with Gasteiger partial charge in [-0.1, -0.05) is 25.8 Å². The van der Waals surface area contributed by atoms with E-state index < -0.39 is 0 Å². The minimum absolute atomic E-state index is 0.0637. The molecule has 0 spiro atoms. The van der Waals surface area contributed by atoms with Crippen LogP contribution in [0.1, 0.15) is 68.1 Å². The predicted molar refractivity (Wildman–Crippen MR) is 137 cm³/mol. The number of ether oxygens (including phenoxy) is 2. The second-order valence-corrected chi connectivity index (χ2v) is 9.82. The Labute approximate surface area is 214 Å². The summed E-state index contributed by atoms with van der Waals surface area (Å²) in [5, 5.41) is 13.8. The molecule has 2 aliphatic rings. The van der Waals surface area contributed by atoms with Crippen LogP contribution in [0.25, 0.3) is 10.9 Å².